The summed E-state index contributed by atoms with van der Waals surface area (Å²) in [5.74, 6) is 1.45. The Morgan fingerprint density at radius 2 is 2.26 bits per heavy atom. The molecule has 3 atom stereocenters. The number of amides is 1. The lowest BCUT2D eigenvalue weighted by Gasteiger charge is -2.44. The third-order valence-corrected chi connectivity index (χ3v) is 5.87. The highest BCUT2D eigenvalue weighted by atomic mass is 32.2. The van der Waals surface area contributed by atoms with Crippen molar-refractivity contribution < 1.29 is 9.53 Å². The maximum Gasteiger partial charge on any atom is 0.224 e. The summed E-state index contributed by atoms with van der Waals surface area (Å²) in [6.45, 7) is 3.27. The largest absolute Gasteiger partial charge is 0.378 e. The minimum atomic E-state index is 0.220. The fourth-order valence-electron chi connectivity index (χ4n) is 3.48. The Morgan fingerprint density at radius 3 is 3.11 bits per heavy atom. The first-order valence-electron chi connectivity index (χ1n) is 7.57. The van der Waals surface area contributed by atoms with Gasteiger partial charge in [0.25, 0.3) is 0 Å². The van der Waals surface area contributed by atoms with Crippen molar-refractivity contribution in [1.82, 2.24) is 10.2 Å². The van der Waals surface area contributed by atoms with Crippen LogP contribution in [0.4, 0.5) is 0 Å². The van der Waals surface area contributed by atoms with Gasteiger partial charge in [0.1, 0.15) is 0 Å². The van der Waals surface area contributed by atoms with Crippen molar-refractivity contribution >= 4 is 17.7 Å². The maximum atomic E-state index is 12.5. The van der Waals surface area contributed by atoms with Crippen molar-refractivity contribution in [3.63, 3.8) is 0 Å². The van der Waals surface area contributed by atoms with Gasteiger partial charge in [-0.3, -0.25) is 4.79 Å². The van der Waals surface area contributed by atoms with E-state index in [9.17, 15) is 4.79 Å². The molecule has 1 N–H and O–H groups in total. The molecular formula is C14H24N2O2S. The number of ether oxygens (including phenoxy) is 1. The molecule has 1 amide bonds. The number of hydrogen-bond donors (Lipinski definition) is 1. The van der Waals surface area contributed by atoms with Gasteiger partial charge in [0, 0.05) is 42.6 Å². The molecule has 3 unspecified atom stereocenters. The summed E-state index contributed by atoms with van der Waals surface area (Å²) < 4.78 is 5.44. The first kappa shape index (κ1) is 13.7. The zero-order valence-electron chi connectivity index (χ0n) is 11.5. The Kier molecular flexibility index (Phi) is 4.66. The number of nitrogens with one attached hydrogen (secondary N) is 1. The van der Waals surface area contributed by atoms with Gasteiger partial charge >= 0.3 is 0 Å². The van der Waals surface area contributed by atoms with Crippen LogP contribution < -0.4 is 5.32 Å². The molecule has 5 heteroatoms. The van der Waals surface area contributed by atoms with E-state index in [2.05, 4.69) is 22.0 Å². The lowest BCUT2D eigenvalue weighted by atomic mass is 9.93. The van der Waals surface area contributed by atoms with Crippen molar-refractivity contribution in [2.24, 2.45) is 0 Å². The van der Waals surface area contributed by atoms with E-state index in [1.54, 1.807) is 0 Å². The molecule has 2 aliphatic heterocycles. The first-order valence-corrected chi connectivity index (χ1v) is 8.61. The zero-order valence-corrected chi connectivity index (χ0v) is 12.3. The number of thioether (sulfide) groups is 1. The van der Waals surface area contributed by atoms with Gasteiger partial charge < -0.3 is 15.0 Å². The molecule has 2 saturated heterocycles. The third kappa shape index (κ3) is 3.26. The van der Waals surface area contributed by atoms with E-state index < -0.39 is 0 Å². The number of nitrogens with zero attached hydrogens (tertiary/aromatic N) is 1. The molecule has 0 bridgehead atoms. The topological polar surface area (TPSA) is 41.6 Å². The van der Waals surface area contributed by atoms with Crippen molar-refractivity contribution in [2.45, 2.75) is 49.4 Å². The van der Waals surface area contributed by atoms with E-state index in [0.717, 1.165) is 25.4 Å². The summed E-state index contributed by atoms with van der Waals surface area (Å²) in [6, 6.07) is 0.724. The number of carbonyl (C=O) groups excluding carboxylic acids is 1. The van der Waals surface area contributed by atoms with Crippen LogP contribution in [0.3, 0.4) is 0 Å². The molecule has 0 spiro atoms. The Labute approximate surface area is 119 Å². The molecule has 0 aromatic carbocycles. The van der Waals surface area contributed by atoms with E-state index in [-0.39, 0.29) is 6.04 Å². The number of rotatable bonds is 2. The van der Waals surface area contributed by atoms with Gasteiger partial charge in [-0.15, -0.1) is 0 Å². The maximum absolute atomic E-state index is 12.5. The average Bonchev–Trinajstić information content (AvgIpc) is 2.47. The first-order chi connectivity index (χ1) is 9.34. The number of fused-ring (bicyclic) bond motifs is 1. The standard InChI is InChI=1S/C14H24N2O2S/c17-14(9-11-10-18-7-5-15-11)16-6-8-19-13-4-2-1-3-12(13)16/h11-13,15H,1-10H2. The molecule has 1 saturated carbocycles. The van der Waals surface area contributed by atoms with E-state index >= 15 is 0 Å². The summed E-state index contributed by atoms with van der Waals surface area (Å²) in [6.07, 6.45) is 5.74. The number of morpholine rings is 1. The van der Waals surface area contributed by atoms with E-state index in [1.165, 1.54) is 25.7 Å². The summed E-state index contributed by atoms with van der Waals surface area (Å²) in [5, 5.41) is 4.08. The fraction of sp³-hybridized carbons (Fsp3) is 0.929. The summed E-state index contributed by atoms with van der Waals surface area (Å²) >= 11 is 2.08. The highest BCUT2D eigenvalue weighted by Crippen LogP contribution is 2.35. The van der Waals surface area contributed by atoms with E-state index in [4.69, 9.17) is 4.74 Å². The summed E-state index contributed by atoms with van der Waals surface area (Å²) in [5.41, 5.74) is 0. The molecular weight excluding hydrogens is 260 g/mol. The summed E-state index contributed by atoms with van der Waals surface area (Å²) in [4.78, 5) is 14.7. The third-order valence-electron chi connectivity index (χ3n) is 4.47. The second-order valence-corrected chi connectivity index (χ2v) is 7.13. The minimum absolute atomic E-state index is 0.220. The van der Waals surface area contributed by atoms with Crippen LogP contribution >= 0.6 is 11.8 Å². The normalized spacial score (nSPS) is 35.8. The smallest absolute Gasteiger partial charge is 0.224 e. The van der Waals surface area contributed by atoms with Crippen LogP contribution in [0, 0.1) is 0 Å². The van der Waals surface area contributed by atoms with Gasteiger partial charge in [-0.05, 0) is 12.8 Å². The second kappa shape index (κ2) is 6.46. The van der Waals surface area contributed by atoms with Crippen LogP contribution in [-0.4, -0.2) is 60.2 Å². The number of carbonyl (C=O) groups is 1. The van der Waals surface area contributed by atoms with Gasteiger partial charge in [-0.1, -0.05) is 12.8 Å². The van der Waals surface area contributed by atoms with Crippen LogP contribution in [0.25, 0.3) is 0 Å². The monoisotopic (exact) mass is 284 g/mol. The molecule has 3 aliphatic rings. The Hall–Kier alpha value is -0.260. The van der Waals surface area contributed by atoms with Gasteiger partial charge in [0.05, 0.1) is 13.2 Å². The molecule has 3 rings (SSSR count). The molecule has 2 heterocycles. The Morgan fingerprint density at radius 1 is 1.37 bits per heavy atom. The van der Waals surface area contributed by atoms with Crippen molar-refractivity contribution in [3.05, 3.63) is 0 Å². The zero-order chi connectivity index (χ0) is 13.1. The van der Waals surface area contributed by atoms with Gasteiger partial charge in [0.15, 0.2) is 0 Å². The predicted molar refractivity (Wildman–Crippen MR) is 77.4 cm³/mol. The summed E-state index contributed by atoms with van der Waals surface area (Å²) in [7, 11) is 0. The molecule has 0 aromatic rings. The highest BCUT2D eigenvalue weighted by molar-refractivity contribution is 8.00. The molecule has 0 aromatic heterocycles. The predicted octanol–water partition coefficient (Wildman–Crippen LogP) is 1.25. The Balaban J connectivity index is 1.58. The molecule has 1 aliphatic carbocycles. The van der Waals surface area contributed by atoms with Crippen molar-refractivity contribution in [3.8, 4) is 0 Å². The van der Waals surface area contributed by atoms with Gasteiger partial charge in [-0.2, -0.15) is 11.8 Å². The highest BCUT2D eigenvalue weighted by Gasteiger charge is 2.36. The van der Waals surface area contributed by atoms with Crippen LogP contribution in [0.15, 0.2) is 0 Å². The van der Waals surface area contributed by atoms with Gasteiger partial charge in [0.2, 0.25) is 5.91 Å². The average molecular weight is 284 g/mol. The SMILES string of the molecule is O=C(CC1COCCN1)N1CCSC2CCCCC21. The molecule has 19 heavy (non-hydrogen) atoms. The van der Waals surface area contributed by atoms with Crippen LogP contribution in [-0.2, 0) is 9.53 Å². The van der Waals surface area contributed by atoms with Gasteiger partial charge in [-0.25, -0.2) is 0 Å². The minimum Gasteiger partial charge on any atom is -0.378 e. The fourth-order valence-corrected chi connectivity index (χ4v) is 4.93. The van der Waals surface area contributed by atoms with Crippen LogP contribution in [0.1, 0.15) is 32.1 Å². The van der Waals surface area contributed by atoms with E-state index in [1.807, 2.05) is 0 Å². The van der Waals surface area contributed by atoms with Crippen molar-refractivity contribution in [1.29, 1.82) is 0 Å². The van der Waals surface area contributed by atoms with Crippen LogP contribution in [0.2, 0.25) is 0 Å². The lowest BCUT2D eigenvalue weighted by molar-refractivity contribution is -0.135. The van der Waals surface area contributed by atoms with E-state index in [0.29, 0.717) is 30.2 Å². The molecule has 0 radical (unpaired) electrons. The number of hydrogen-bond acceptors (Lipinski definition) is 4. The lowest BCUT2D eigenvalue weighted by Crippen LogP contribution is -2.53. The molecule has 3 fully saturated rings. The molecule has 108 valence electrons. The van der Waals surface area contributed by atoms with Crippen LogP contribution in [0.5, 0.6) is 0 Å². The Bertz CT molecular complexity index is 319. The molecule has 4 nitrogen and oxygen atoms in total. The van der Waals surface area contributed by atoms with Crippen molar-refractivity contribution in [2.75, 3.05) is 32.1 Å². The quantitative estimate of drug-likeness (QED) is 0.829. The second-order valence-electron chi connectivity index (χ2n) is 5.78.